The predicted octanol–water partition coefficient (Wildman–Crippen LogP) is 3.93. The number of thiophene rings is 1. The van der Waals surface area contributed by atoms with Crippen LogP contribution in [0, 0.1) is 6.92 Å². The van der Waals surface area contributed by atoms with Crippen LogP contribution in [0.3, 0.4) is 0 Å². The van der Waals surface area contributed by atoms with Gasteiger partial charge in [-0.05, 0) is 30.5 Å². The van der Waals surface area contributed by atoms with Gasteiger partial charge < -0.3 is 4.18 Å². The Kier molecular flexibility index (Phi) is 5.14. The van der Waals surface area contributed by atoms with Gasteiger partial charge in [-0.3, -0.25) is 4.79 Å². The summed E-state index contributed by atoms with van der Waals surface area (Å²) in [6.07, 6.45) is -4.50. The molecule has 0 aliphatic rings. The number of Topliss-reactive ketones (excluding diaryl/α,β-unsaturated/α-hetero) is 1. The van der Waals surface area contributed by atoms with E-state index in [0.29, 0.717) is 0 Å². The van der Waals surface area contributed by atoms with Crippen molar-refractivity contribution in [1.29, 1.82) is 0 Å². The van der Waals surface area contributed by atoms with Gasteiger partial charge in [-0.15, -0.1) is 11.3 Å². The van der Waals surface area contributed by atoms with E-state index >= 15 is 0 Å². The Balaban J connectivity index is 2.41. The van der Waals surface area contributed by atoms with E-state index in [2.05, 4.69) is 4.18 Å². The maximum Gasteiger partial charge on any atom is 0.458 e. The van der Waals surface area contributed by atoms with E-state index in [9.17, 15) is 26.4 Å². The zero-order valence-corrected chi connectivity index (χ0v) is 13.8. The fourth-order valence-electron chi connectivity index (χ4n) is 1.64. The third kappa shape index (κ3) is 4.45. The third-order valence-corrected chi connectivity index (χ3v) is 4.87. The molecule has 0 radical (unpaired) electrons. The summed E-state index contributed by atoms with van der Waals surface area (Å²) in [6.45, 7) is 1.71. The number of halogens is 3. The first-order chi connectivity index (χ1) is 11.1. The number of ketones is 1. The summed E-state index contributed by atoms with van der Waals surface area (Å²) in [5.41, 5.74) is 0.759. The second-order valence-electron chi connectivity index (χ2n) is 4.70. The Morgan fingerprint density at radius 3 is 2.29 bits per heavy atom. The van der Waals surface area contributed by atoms with Crippen molar-refractivity contribution >= 4 is 33.3 Å². The van der Waals surface area contributed by atoms with Gasteiger partial charge in [0, 0.05) is 11.0 Å². The Hall–Kier alpha value is -2.13. The number of aryl methyl sites for hydroxylation is 1. The molecule has 0 amide bonds. The topological polar surface area (TPSA) is 60.4 Å². The molecule has 1 aromatic carbocycles. The third-order valence-electron chi connectivity index (χ3n) is 2.81. The minimum atomic E-state index is -5.26. The summed E-state index contributed by atoms with van der Waals surface area (Å²) in [4.78, 5) is 11.4. The standard InChI is InChI=1S/C15H11F3O4S2/c1-10-4-6-12(7-5-10)24(20,21)22-13(14(19)15(16,17)18)9-11-3-2-8-23-11/h2-9H,1H3/b13-9-. The molecule has 24 heavy (non-hydrogen) atoms. The molecule has 128 valence electrons. The van der Waals surface area contributed by atoms with Crippen molar-refractivity contribution in [3.8, 4) is 0 Å². The van der Waals surface area contributed by atoms with E-state index in [-0.39, 0.29) is 9.77 Å². The number of benzene rings is 1. The fraction of sp³-hybridized carbons (Fsp3) is 0.133. The lowest BCUT2D eigenvalue weighted by atomic mass is 10.2. The van der Waals surface area contributed by atoms with E-state index < -0.39 is 27.8 Å². The number of rotatable bonds is 5. The molecule has 0 spiro atoms. The summed E-state index contributed by atoms with van der Waals surface area (Å²) in [6, 6.07) is 8.27. The average molecular weight is 376 g/mol. The Labute approximate surface area is 140 Å². The van der Waals surface area contributed by atoms with Gasteiger partial charge in [0.05, 0.1) is 0 Å². The molecule has 0 aliphatic heterocycles. The molecule has 0 atom stereocenters. The van der Waals surface area contributed by atoms with E-state index in [1.54, 1.807) is 18.4 Å². The van der Waals surface area contributed by atoms with Crippen molar-refractivity contribution in [3.63, 3.8) is 0 Å². The highest BCUT2D eigenvalue weighted by atomic mass is 32.2. The van der Waals surface area contributed by atoms with Crippen LogP contribution in [0.2, 0.25) is 0 Å². The lowest BCUT2D eigenvalue weighted by Crippen LogP contribution is -2.27. The van der Waals surface area contributed by atoms with Gasteiger partial charge in [-0.1, -0.05) is 23.8 Å². The van der Waals surface area contributed by atoms with E-state index in [0.717, 1.165) is 23.0 Å². The van der Waals surface area contributed by atoms with Crippen molar-refractivity contribution in [3.05, 3.63) is 58.0 Å². The van der Waals surface area contributed by atoms with Crippen LogP contribution in [-0.2, 0) is 19.1 Å². The number of alkyl halides is 3. The number of hydrogen-bond donors (Lipinski definition) is 0. The van der Waals surface area contributed by atoms with Gasteiger partial charge in [-0.2, -0.15) is 21.6 Å². The molecule has 9 heteroatoms. The average Bonchev–Trinajstić information content (AvgIpc) is 2.98. The molecule has 4 nitrogen and oxygen atoms in total. The van der Waals surface area contributed by atoms with Crippen molar-refractivity contribution in [2.24, 2.45) is 0 Å². The van der Waals surface area contributed by atoms with Gasteiger partial charge in [0.25, 0.3) is 0 Å². The zero-order valence-electron chi connectivity index (χ0n) is 12.2. The second kappa shape index (κ2) is 6.78. The Morgan fingerprint density at radius 1 is 1.17 bits per heavy atom. The zero-order chi connectivity index (χ0) is 18.0. The van der Waals surface area contributed by atoms with Crippen molar-refractivity contribution in [2.75, 3.05) is 0 Å². The van der Waals surface area contributed by atoms with E-state index in [4.69, 9.17) is 0 Å². The summed E-state index contributed by atoms with van der Waals surface area (Å²) in [7, 11) is -4.57. The van der Waals surface area contributed by atoms with Crippen LogP contribution in [0.4, 0.5) is 13.2 Å². The maximum atomic E-state index is 12.7. The molecule has 1 aromatic heterocycles. The van der Waals surface area contributed by atoms with Crippen LogP contribution in [0.15, 0.2) is 52.4 Å². The molecule has 2 rings (SSSR count). The smallest absolute Gasteiger partial charge is 0.375 e. The molecule has 0 bridgehead atoms. The van der Waals surface area contributed by atoms with Crippen LogP contribution in [0.25, 0.3) is 6.08 Å². The second-order valence-corrected chi connectivity index (χ2v) is 7.23. The molecule has 0 saturated heterocycles. The Bertz CT molecular complexity index is 849. The van der Waals surface area contributed by atoms with Gasteiger partial charge >= 0.3 is 22.1 Å². The summed E-state index contributed by atoms with van der Waals surface area (Å²) < 4.78 is 66.9. The molecule has 0 saturated carbocycles. The molecule has 0 aliphatic carbocycles. The summed E-state index contributed by atoms with van der Waals surface area (Å²) >= 11 is 1.03. The van der Waals surface area contributed by atoms with Crippen LogP contribution >= 0.6 is 11.3 Å². The predicted molar refractivity (Wildman–Crippen MR) is 82.8 cm³/mol. The number of allylic oxidation sites excluding steroid dienone is 1. The number of hydrogen-bond acceptors (Lipinski definition) is 5. The van der Waals surface area contributed by atoms with Gasteiger partial charge in [0.1, 0.15) is 4.90 Å². The lowest BCUT2D eigenvalue weighted by molar-refractivity contribution is -0.168. The molecule has 2 aromatic rings. The summed E-state index contributed by atoms with van der Waals surface area (Å²) in [5.74, 6) is -3.67. The van der Waals surface area contributed by atoms with Crippen molar-refractivity contribution in [2.45, 2.75) is 18.0 Å². The van der Waals surface area contributed by atoms with Gasteiger partial charge in [0.2, 0.25) is 0 Å². The highest BCUT2D eigenvalue weighted by Crippen LogP contribution is 2.27. The van der Waals surface area contributed by atoms with Crippen molar-refractivity contribution in [1.82, 2.24) is 0 Å². The largest absolute Gasteiger partial charge is 0.458 e. The van der Waals surface area contributed by atoms with Gasteiger partial charge in [0.15, 0.2) is 5.76 Å². The SMILES string of the molecule is Cc1ccc(S(=O)(=O)O/C(=C\c2cccs2)C(=O)C(F)(F)F)cc1. The maximum absolute atomic E-state index is 12.7. The van der Waals surface area contributed by atoms with Crippen molar-refractivity contribution < 1.29 is 30.6 Å². The van der Waals surface area contributed by atoms with E-state index in [1.165, 1.54) is 30.3 Å². The normalized spacial score (nSPS) is 12.9. The van der Waals surface area contributed by atoms with Crippen LogP contribution in [0.5, 0.6) is 0 Å². The quantitative estimate of drug-likeness (QED) is 0.451. The van der Waals surface area contributed by atoms with E-state index in [1.807, 2.05) is 0 Å². The lowest BCUT2D eigenvalue weighted by Gasteiger charge is -2.11. The highest BCUT2D eigenvalue weighted by Gasteiger charge is 2.43. The first-order valence-electron chi connectivity index (χ1n) is 6.47. The minimum absolute atomic E-state index is 0.252. The number of carbonyl (C=O) groups excluding carboxylic acids is 1. The van der Waals surface area contributed by atoms with Crippen LogP contribution in [0.1, 0.15) is 10.4 Å². The monoisotopic (exact) mass is 376 g/mol. The minimum Gasteiger partial charge on any atom is -0.375 e. The summed E-state index contributed by atoms with van der Waals surface area (Å²) in [5, 5.41) is 1.57. The highest BCUT2D eigenvalue weighted by molar-refractivity contribution is 7.86. The van der Waals surface area contributed by atoms with Crippen LogP contribution < -0.4 is 0 Å². The molecule has 1 heterocycles. The van der Waals surface area contributed by atoms with Crippen LogP contribution in [-0.4, -0.2) is 20.4 Å². The van der Waals surface area contributed by atoms with Gasteiger partial charge in [-0.25, -0.2) is 0 Å². The molecular weight excluding hydrogens is 365 g/mol. The molecule has 0 N–H and O–H groups in total. The number of carbonyl (C=O) groups is 1. The molecule has 0 fully saturated rings. The first kappa shape index (κ1) is 18.2. The Morgan fingerprint density at radius 2 is 1.79 bits per heavy atom. The fourth-order valence-corrected chi connectivity index (χ4v) is 3.21. The molecule has 0 unspecified atom stereocenters. The first-order valence-corrected chi connectivity index (χ1v) is 8.76. The molecular formula is C15H11F3O4S2.